The minimum atomic E-state index is 0.722. The van der Waals surface area contributed by atoms with Crippen molar-refractivity contribution in [2.45, 2.75) is 0 Å². The first-order chi connectivity index (χ1) is 13.3. The standard InChI is InChI=1S/C24H15ClN2/c25-18-10-8-17(9-11-18)23-15-20(16-5-2-1-3-6-16)24-19-7-4-14-26-21(19)12-13-22(24)27-23/h1-15H. The van der Waals surface area contributed by atoms with Crippen molar-refractivity contribution in [3.63, 3.8) is 0 Å². The van der Waals surface area contributed by atoms with Gasteiger partial charge in [0.2, 0.25) is 0 Å². The second kappa shape index (κ2) is 6.49. The fourth-order valence-electron chi connectivity index (χ4n) is 3.50. The summed E-state index contributed by atoms with van der Waals surface area (Å²) in [6.45, 7) is 0. The molecule has 0 fully saturated rings. The van der Waals surface area contributed by atoms with E-state index < -0.39 is 0 Å². The minimum Gasteiger partial charge on any atom is -0.256 e. The van der Waals surface area contributed by atoms with Crippen molar-refractivity contribution < 1.29 is 0 Å². The Kier molecular flexibility index (Phi) is 3.84. The van der Waals surface area contributed by atoms with Gasteiger partial charge in [-0.1, -0.05) is 60.1 Å². The smallest absolute Gasteiger partial charge is 0.0723 e. The molecule has 0 unspecified atom stereocenters. The molecule has 2 nitrogen and oxygen atoms in total. The number of benzene rings is 3. The molecule has 27 heavy (non-hydrogen) atoms. The van der Waals surface area contributed by atoms with Crippen molar-refractivity contribution in [1.82, 2.24) is 9.97 Å². The number of hydrogen-bond donors (Lipinski definition) is 0. The first-order valence-corrected chi connectivity index (χ1v) is 9.17. The highest BCUT2D eigenvalue weighted by Gasteiger charge is 2.12. The average molecular weight is 367 g/mol. The zero-order chi connectivity index (χ0) is 18.2. The summed E-state index contributed by atoms with van der Waals surface area (Å²) in [5.74, 6) is 0. The van der Waals surface area contributed by atoms with E-state index in [-0.39, 0.29) is 0 Å². The largest absolute Gasteiger partial charge is 0.256 e. The Balaban J connectivity index is 1.88. The van der Waals surface area contributed by atoms with Crippen LogP contribution in [0.1, 0.15) is 0 Å². The SMILES string of the molecule is Clc1ccc(-c2cc(-c3ccccc3)c3c(ccc4ncccc43)n2)cc1. The topological polar surface area (TPSA) is 25.8 Å². The summed E-state index contributed by atoms with van der Waals surface area (Å²) in [4.78, 5) is 9.45. The quantitative estimate of drug-likeness (QED) is 0.322. The molecule has 0 aliphatic rings. The van der Waals surface area contributed by atoms with Crippen LogP contribution < -0.4 is 0 Å². The third-order valence-corrected chi connectivity index (χ3v) is 5.03. The van der Waals surface area contributed by atoms with E-state index in [1.807, 2.05) is 48.7 Å². The van der Waals surface area contributed by atoms with Crippen LogP contribution in [0.25, 0.3) is 44.2 Å². The molecule has 0 atom stereocenters. The Morgan fingerprint density at radius 2 is 1.44 bits per heavy atom. The van der Waals surface area contributed by atoms with Crippen molar-refractivity contribution >= 4 is 33.4 Å². The van der Waals surface area contributed by atoms with E-state index >= 15 is 0 Å². The summed E-state index contributed by atoms with van der Waals surface area (Å²) in [5.41, 5.74) is 6.23. The summed E-state index contributed by atoms with van der Waals surface area (Å²) in [6.07, 6.45) is 1.83. The maximum atomic E-state index is 6.06. The van der Waals surface area contributed by atoms with Crippen LogP contribution in [0.3, 0.4) is 0 Å². The molecule has 5 aromatic rings. The fraction of sp³-hybridized carbons (Fsp3) is 0. The lowest BCUT2D eigenvalue weighted by atomic mass is 9.96. The summed E-state index contributed by atoms with van der Waals surface area (Å²) in [6, 6.07) is 28.6. The van der Waals surface area contributed by atoms with E-state index in [4.69, 9.17) is 16.6 Å². The lowest BCUT2D eigenvalue weighted by Crippen LogP contribution is -1.91. The third kappa shape index (κ3) is 2.84. The van der Waals surface area contributed by atoms with Gasteiger partial charge in [-0.2, -0.15) is 0 Å². The highest BCUT2D eigenvalue weighted by molar-refractivity contribution is 6.30. The Morgan fingerprint density at radius 1 is 0.667 bits per heavy atom. The van der Waals surface area contributed by atoms with Crippen molar-refractivity contribution in [2.24, 2.45) is 0 Å². The summed E-state index contributed by atoms with van der Waals surface area (Å²) < 4.78 is 0. The first kappa shape index (κ1) is 16.0. The van der Waals surface area contributed by atoms with Crippen molar-refractivity contribution in [2.75, 3.05) is 0 Å². The second-order valence-corrected chi connectivity index (χ2v) is 6.89. The maximum absolute atomic E-state index is 6.06. The van der Waals surface area contributed by atoms with Crippen LogP contribution in [0.15, 0.2) is 91.1 Å². The van der Waals surface area contributed by atoms with Gasteiger partial charge < -0.3 is 0 Å². The molecular formula is C24H15ClN2. The molecule has 2 heterocycles. The lowest BCUT2D eigenvalue weighted by Gasteiger charge is -2.12. The van der Waals surface area contributed by atoms with Gasteiger partial charge in [0.05, 0.1) is 16.7 Å². The van der Waals surface area contributed by atoms with E-state index in [1.165, 1.54) is 0 Å². The molecule has 0 bridgehead atoms. The molecule has 0 aliphatic carbocycles. The van der Waals surface area contributed by atoms with Crippen molar-refractivity contribution in [1.29, 1.82) is 0 Å². The van der Waals surface area contributed by atoms with Crippen molar-refractivity contribution in [3.05, 3.63) is 96.1 Å². The van der Waals surface area contributed by atoms with E-state index in [0.29, 0.717) is 0 Å². The Morgan fingerprint density at radius 3 is 2.26 bits per heavy atom. The number of rotatable bonds is 2. The van der Waals surface area contributed by atoms with Gasteiger partial charge in [0.25, 0.3) is 0 Å². The molecular weight excluding hydrogens is 352 g/mol. The van der Waals surface area contributed by atoms with Crippen LogP contribution in [0.5, 0.6) is 0 Å². The van der Waals surface area contributed by atoms with Gasteiger partial charge in [0, 0.05) is 27.6 Å². The highest BCUT2D eigenvalue weighted by atomic mass is 35.5. The molecule has 0 N–H and O–H groups in total. The summed E-state index contributed by atoms with van der Waals surface area (Å²) in [5, 5.41) is 2.97. The average Bonchev–Trinajstić information content (AvgIpc) is 2.74. The van der Waals surface area contributed by atoms with Crippen LogP contribution in [0, 0.1) is 0 Å². The Hall–Kier alpha value is -3.23. The third-order valence-electron chi connectivity index (χ3n) is 4.78. The predicted molar refractivity (Wildman–Crippen MR) is 113 cm³/mol. The molecule has 0 spiro atoms. The predicted octanol–water partition coefficient (Wildman–Crippen LogP) is 6.77. The number of aromatic nitrogens is 2. The molecule has 0 aliphatic heterocycles. The van der Waals surface area contributed by atoms with Gasteiger partial charge in [-0.05, 0) is 47.5 Å². The van der Waals surface area contributed by atoms with Crippen LogP contribution >= 0.6 is 11.6 Å². The summed E-state index contributed by atoms with van der Waals surface area (Å²) >= 11 is 6.06. The lowest BCUT2D eigenvalue weighted by molar-refractivity contribution is 1.38. The van der Waals surface area contributed by atoms with Crippen LogP contribution in [0.2, 0.25) is 5.02 Å². The molecule has 3 heteroatoms. The monoisotopic (exact) mass is 366 g/mol. The van der Waals surface area contributed by atoms with E-state index in [0.717, 1.165) is 49.2 Å². The van der Waals surface area contributed by atoms with Crippen LogP contribution in [-0.4, -0.2) is 9.97 Å². The Bertz CT molecular complexity index is 1260. The van der Waals surface area contributed by atoms with Crippen LogP contribution in [-0.2, 0) is 0 Å². The molecule has 3 aromatic carbocycles. The maximum Gasteiger partial charge on any atom is 0.0723 e. The number of hydrogen-bond acceptors (Lipinski definition) is 2. The number of fused-ring (bicyclic) bond motifs is 3. The molecule has 0 saturated carbocycles. The molecule has 0 saturated heterocycles. The van der Waals surface area contributed by atoms with Gasteiger partial charge >= 0.3 is 0 Å². The van der Waals surface area contributed by atoms with Gasteiger partial charge in [0.15, 0.2) is 0 Å². The van der Waals surface area contributed by atoms with Gasteiger partial charge in [0.1, 0.15) is 0 Å². The Labute approximate surface area is 162 Å². The zero-order valence-electron chi connectivity index (χ0n) is 14.4. The molecule has 2 aromatic heterocycles. The van der Waals surface area contributed by atoms with Gasteiger partial charge in [-0.3, -0.25) is 4.98 Å². The van der Waals surface area contributed by atoms with E-state index in [9.17, 15) is 0 Å². The second-order valence-electron chi connectivity index (χ2n) is 6.46. The normalized spacial score (nSPS) is 11.1. The van der Waals surface area contributed by atoms with Crippen molar-refractivity contribution in [3.8, 4) is 22.4 Å². The molecule has 5 rings (SSSR count). The molecule has 0 radical (unpaired) electrons. The first-order valence-electron chi connectivity index (χ1n) is 8.79. The van der Waals surface area contributed by atoms with E-state index in [2.05, 4.69) is 47.4 Å². The molecule has 0 amide bonds. The van der Waals surface area contributed by atoms with Gasteiger partial charge in [-0.15, -0.1) is 0 Å². The minimum absolute atomic E-state index is 0.722. The number of pyridine rings is 2. The fourth-order valence-corrected chi connectivity index (χ4v) is 3.63. The highest BCUT2D eigenvalue weighted by Crippen LogP contribution is 2.36. The van der Waals surface area contributed by atoms with E-state index in [1.54, 1.807) is 0 Å². The van der Waals surface area contributed by atoms with Crippen LogP contribution in [0.4, 0.5) is 0 Å². The summed E-state index contributed by atoms with van der Waals surface area (Å²) in [7, 11) is 0. The molecule has 128 valence electrons. The van der Waals surface area contributed by atoms with Gasteiger partial charge in [-0.25, -0.2) is 4.98 Å². The number of halogens is 1. The number of nitrogens with zero attached hydrogens (tertiary/aromatic N) is 2. The zero-order valence-corrected chi connectivity index (χ0v) is 15.2.